The molecule has 0 bridgehead atoms. The molecule has 0 saturated carbocycles. The first-order valence-corrected chi connectivity index (χ1v) is 6.46. The number of alkyl halides is 4. The molecule has 0 spiro atoms. The fourth-order valence-corrected chi connectivity index (χ4v) is 2.08. The maximum absolute atomic E-state index is 13.4. The van der Waals surface area contributed by atoms with Crippen LogP contribution in [-0.4, -0.2) is 12.1 Å². The number of hydrogen-bond acceptors (Lipinski definition) is 1. The predicted molar refractivity (Wildman–Crippen MR) is 74.7 cm³/mol. The Morgan fingerprint density at radius 1 is 1.05 bits per heavy atom. The van der Waals surface area contributed by atoms with E-state index in [0.717, 1.165) is 6.07 Å². The van der Waals surface area contributed by atoms with Gasteiger partial charge >= 0.3 is 6.18 Å². The highest BCUT2D eigenvalue weighted by molar-refractivity contribution is 5.77. The molecule has 22 heavy (non-hydrogen) atoms. The molecule has 0 fully saturated rings. The van der Waals surface area contributed by atoms with Crippen molar-refractivity contribution in [2.75, 3.05) is 0 Å². The molecule has 1 atom stereocenters. The van der Waals surface area contributed by atoms with Crippen LogP contribution in [0.2, 0.25) is 0 Å². The third-order valence-corrected chi connectivity index (χ3v) is 3.13. The summed E-state index contributed by atoms with van der Waals surface area (Å²) >= 11 is 0. The summed E-state index contributed by atoms with van der Waals surface area (Å²) in [6, 6.07) is 11.9. The van der Waals surface area contributed by atoms with Crippen molar-refractivity contribution >= 4 is 5.91 Å². The first kappa shape index (κ1) is 16.0. The number of amides is 1. The first-order valence-electron chi connectivity index (χ1n) is 6.46. The van der Waals surface area contributed by atoms with Crippen molar-refractivity contribution in [1.82, 2.24) is 0 Å². The molecular weight excluding hydrogens is 298 g/mol. The van der Waals surface area contributed by atoms with E-state index in [-0.39, 0.29) is 6.42 Å². The van der Waals surface area contributed by atoms with Gasteiger partial charge in [-0.05, 0) is 28.3 Å². The number of carbonyl (C=O) groups is 1. The zero-order chi connectivity index (χ0) is 16.3. The maximum Gasteiger partial charge on any atom is 0.423 e. The lowest BCUT2D eigenvalue weighted by Crippen LogP contribution is -2.16. The summed E-state index contributed by atoms with van der Waals surface area (Å²) < 4.78 is 50.6. The van der Waals surface area contributed by atoms with Gasteiger partial charge in [0.05, 0.1) is 6.42 Å². The highest BCUT2D eigenvalue weighted by atomic mass is 19.4. The molecule has 0 radical (unpaired) electrons. The Kier molecular flexibility index (Phi) is 4.49. The van der Waals surface area contributed by atoms with Crippen molar-refractivity contribution in [3.8, 4) is 11.1 Å². The smallest absolute Gasteiger partial charge is 0.369 e. The molecule has 1 unspecified atom stereocenters. The topological polar surface area (TPSA) is 43.1 Å². The summed E-state index contributed by atoms with van der Waals surface area (Å²) in [7, 11) is 0. The van der Waals surface area contributed by atoms with Crippen LogP contribution in [0.4, 0.5) is 17.6 Å². The van der Waals surface area contributed by atoms with Gasteiger partial charge in [0, 0.05) is 0 Å². The van der Waals surface area contributed by atoms with Crippen LogP contribution in [0.5, 0.6) is 0 Å². The summed E-state index contributed by atoms with van der Waals surface area (Å²) in [5.41, 5.74) is 6.44. The van der Waals surface area contributed by atoms with Gasteiger partial charge in [0.1, 0.15) is 0 Å². The van der Waals surface area contributed by atoms with Crippen molar-refractivity contribution < 1.29 is 22.4 Å². The van der Waals surface area contributed by atoms with Crippen molar-refractivity contribution in [2.24, 2.45) is 5.73 Å². The fraction of sp³-hybridized carbons (Fsp3) is 0.188. The summed E-state index contributed by atoms with van der Waals surface area (Å²) in [5, 5.41) is 0. The van der Waals surface area contributed by atoms with Crippen LogP contribution in [0.1, 0.15) is 17.3 Å². The molecule has 0 aliphatic heterocycles. The standard InChI is InChI=1S/C16H13F4NO/c17-15(16(18,19)20)13-3-1-2-12(9-13)11-6-4-10(5-7-11)8-14(21)22/h1-7,9,15H,8H2,(H2,21,22). The van der Waals surface area contributed by atoms with E-state index in [4.69, 9.17) is 5.73 Å². The van der Waals surface area contributed by atoms with Crippen LogP contribution in [0, 0.1) is 0 Å². The molecule has 6 heteroatoms. The van der Waals surface area contributed by atoms with Crippen LogP contribution in [0.3, 0.4) is 0 Å². The third-order valence-electron chi connectivity index (χ3n) is 3.13. The van der Waals surface area contributed by atoms with Crippen LogP contribution in [0.15, 0.2) is 48.5 Å². The predicted octanol–water partition coefficient (Wildman–Crippen LogP) is 3.95. The second-order valence-corrected chi connectivity index (χ2v) is 4.87. The Hall–Kier alpha value is -2.37. The molecule has 2 N–H and O–H groups in total. The van der Waals surface area contributed by atoms with E-state index >= 15 is 0 Å². The molecule has 0 saturated heterocycles. The lowest BCUT2D eigenvalue weighted by atomic mass is 9.99. The average molecular weight is 311 g/mol. The molecule has 0 aromatic heterocycles. The summed E-state index contributed by atoms with van der Waals surface area (Å²) in [4.78, 5) is 10.8. The minimum Gasteiger partial charge on any atom is -0.369 e. The molecular formula is C16H13F4NO. The Labute approximate surface area is 124 Å². The zero-order valence-electron chi connectivity index (χ0n) is 11.4. The van der Waals surface area contributed by atoms with Gasteiger partial charge in [-0.25, -0.2) is 4.39 Å². The van der Waals surface area contributed by atoms with E-state index in [2.05, 4.69) is 0 Å². The number of primary amides is 1. The highest BCUT2D eigenvalue weighted by Gasteiger charge is 2.41. The Morgan fingerprint density at radius 2 is 1.68 bits per heavy atom. The van der Waals surface area contributed by atoms with Gasteiger partial charge in [0.25, 0.3) is 0 Å². The van der Waals surface area contributed by atoms with Gasteiger partial charge in [0.15, 0.2) is 0 Å². The van der Waals surface area contributed by atoms with Crippen LogP contribution in [-0.2, 0) is 11.2 Å². The van der Waals surface area contributed by atoms with Gasteiger partial charge in [-0.3, -0.25) is 4.79 Å². The summed E-state index contributed by atoms with van der Waals surface area (Å²) in [6.07, 6.45) is -7.85. The first-order chi connectivity index (χ1) is 10.3. The van der Waals surface area contributed by atoms with Crippen molar-refractivity contribution in [3.63, 3.8) is 0 Å². The minimum atomic E-state index is -4.93. The van der Waals surface area contributed by atoms with Gasteiger partial charge in [-0.2, -0.15) is 13.2 Å². The fourth-order valence-electron chi connectivity index (χ4n) is 2.08. The molecule has 2 aromatic carbocycles. The maximum atomic E-state index is 13.4. The Balaban J connectivity index is 2.28. The normalized spacial score (nSPS) is 12.9. The minimum absolute atomic E-state index is 0.0843. The van der Waals surface area contributed by atoms with E-state index in [9.17, 15) is 22.4 Å². The Bertz CT molecular complexity index is 665. The molecule has 0 aliphatic carbocycles. The number of halogens is 4. The van der Waals surface area contributed by atoms with E-state index < -0.39 is 23.8 Å². The van der Waals surface area contributed by atoms with E-state index in [1.165, 1.54) is 12.1 Å². The van der Waals surface area contributed by atoms with E-state index in [0.29, 0.717) is 16.7 Å². The van der Waals surface area contributed by atoms with Crippen molar-refractivity contribution in [1.29, 1.82) is 0 Å². The lowest BCUT2D eigenvalue weighted by molar-refractivity contribution is -0.182. The van der Waals surface area contributed by atoms with Gasteiger partial charge < -0.3 is 5.73 Å². The largest absolute Gasteiger partial charge is 0.423 e. The SMILES string of the molecule is NC(=O)Cc1ccc(-c2cccc(C(F)C(F)(F)F)c2)cc1. The van der Waals surface area contributed by atoms with Gasteiger partial charge in [-0.1, -0.05) is 42.5 Å². The van der Waals surface area contributed by atoms with Gasteiger partial charge in [0.2, 0.25) is 12.1 Å². The monoisotopic (exact) mass is 311 g/mol. The second kappa shape index (κ2) is 6.17. The van der Waals surface area contributed by atoms with Crippen molar-refractivity contribution in [2.45, 2.75) is 18.8 Å². The number of hydrogen-bond donors (Lipinski definition) is 1. The quantitative estimate of drug-likeness (QED) is 0.854. The average Bonchev–Trinajstić information content (AvgIpc) is 2.46. The number of nitrogens with two attached hydrogens (primary N) is 1. The molecule has 2 aromatic rings. The zero-order valence-corrected chi connectivity index (χ0v) is 11.4. The highest BCUT2D eigenvalue weighted by Crippen LogP contribution is 2.37. The molecule has 0 heterocycles. The van der Waals surface area contributed by atoms with Crippen LogP contribution >= 0.6 is 0 Å². The van der Waals surface area contributed by atoms with Crippen LogP contribution < -0.4 is 5.73 Å². The lowest BCUT2D eigenvalue weighted by Gasteiger charge is -2.13. The molecule has 1 amide bonds. The summed E-state index contributed by atoms with van der Waals surface area (Å²) in [5.74, 6) is -0.472. The molecule has 0 aliphatic rings. The third kappa shape index (κ3) is 3.84. The molecule has 2 nitrogen and oxygen atoms in total. The summed E-state index contributed by atoms with van der Waals surface area (Å²) in [6.45, 7) is 0. The Morgan fingerprint density at radius 3 is 2.23 bits per heavy atom. The molecule has 116 valence electrons. The second-order valence-electron chi connectivity index (χ2n) is 4.87. The van der Waals surface area contributed by atoms with E-state index in [1.807, 2.05) is 0 Å². The molecule has 2 rings (SSSR count). The number of benzene rings is 2. The van der Waals surface area contributed by atoms with Gasteiger partial charge in [-0.15, -0.1) is 0 Å². The van der Waals surface area contributed by atoms with Crippen LogP contribution in [0.25, 0.3) is 11.1 Å². The van der Waals surface area contributed by atoms with Crippen molar-refractivity contribution in [3.05, 3.63) is 59.7 Å². The number of carbonyl (C=O) groups excluding carboxylic acids is 1. The number of rotatable bonds is 4. The van der Waals surface area contributed by atoms with E-state index in [1.54, 1.807) is 30.3 Å².